The Hall–Kier alpha value is 0.250. The third-order valence-corrected chi connectivity index (χ3v) is 3.52. The minimum Gasteiger partial charge on any atom is -0.299 e. The van der Waals surface area contributed by atoms with Gasteiger partial charge < -0.3 is 0 Å². The van der Waals surface area contributed by atoms with Gasteiger partial charge in [0.25, 0.3) is 0 Å². The monoisotopic (exact) mass is 173 g/mol. The lowest BCUT2D eigenvalue weighted by Crippen LogP contribution is -2.35. The Bertz CT molecular complexity index is 132. The molecule has 0 spiro atoms. The summed E-state index contributed by atoms with van der Waals surface area (Å²) in [6, 6.07) is 0.721. The van der Waals surface area contributed by atoms with Gasteiger partial charge in [0.05, 0.1) is 0 Å². The minimum atomic E-state index is 0.452. The summed E-state index contributed by atoms with van der Waals surface area (Å²) in [5.74, 6) is 0. The molecule has 1 nitrogen and oxygen atoms in total. The van der Waals surface area contributed by atoms with Crippen LogP contribution in [-0.2, 0) is 0 Å². The third kappa shape index (κ3) is 1.54. The summed E-state index contributed by atoms with van der Waals surface area (Å²) in [5, 5.41) is 0.452. The minimum absolute atomic E-state index is 0.452. The van der Waals surface area contributed by atoms with Gasteiger partial charge in [-0.2, -0.15) is 0 Å². The van der Waals surface area contributed by atoms with Crippen molar-refractivity contribution in [2.45, 2.75) is 43.5 Å². The van der Waals surface area contributed by atoms with Gasteiger partial charge >= 0.3 is 0 Å². The van der Waals surface area contributed by atoms with Crippen molar-refractivity contribution in [1.82, 2.24) is 4.90 Å². The van der Waals surface area contributed by atoms with E-state index in [9.17, 15) is 0 Å². The van der Waals surface area contributed by atoms with Gasteiger partial charge in [-0.15, -0.1) is 11.6 Å². The molecule has 1 aliphatic carbocycles. The molecule has 0 N–H and O–H groups in total. The van der Waals surface area contributed by atoms with E-state index >= 15 is 0 Å². The van der Waals surface area contributed by atoms with Gasteiger partial charge in [0.15, 0.2) is 0 Å². The topological polar surface area (TPSA) is 3.24 Å². The molecule has 0 radical (unpaired) electrons. The largest absolute Gasteiger partial charge is 0.299 e. The molecule has 1 aliphatic heterocycles. The summed E-state index contributed by atoms with van der Waals surface area (Å²) in [5.41, 5.74) is 0. The van der Waals surface area contributed by atoms with Crippen molar-refractivity contribution in [2.24, 2.45) is 0 Å². The Kier molecular flexibility index (Phi) is 2.38. The van der Waals surface area contributed by atoms with Crippen molar-refractivity contribution in [3.05, 3.63) is 0 Å². The van der Waals surface area contributed by atoms with Crippen molar-refractivity contribution in [3.63, 3.8) is 0 Å². The zero-order chi connectivity index (χ0) is 7.68. The standard InChI is InChI=1S/C9H16ClN/c10-8-4-3-5-9(8)11-6-1-2-7-11/h8-9H,1-7H2/t8?,9-/m1/s1. The van der Waals surface area contributed by atoms with Gasteiger partial charge in [-0.3, -0.25) is 4.90 Å². The lowest BCUT2D eigenvalue weighted by atomic mass is 10.2. The molecule has 0 amide bonds. The molecule has 0 aromatic heterocycles. The van der Waals surface area contributed by atoms with Crippen LogP contribution < -0.4 is 0 Å². The first kappa shape index (κ1) is 7.88. The fraction of sp³-hybridized carbons (Fsp3) is 1.00. The van der Waals surface area contributed by atoms with Gasteiger partial charge in [0.2, 0.25) is 0 Å². The van der Waals surface area contributed by atoms with Crippen LogP contribution in [0.1, 0.15) is 32.1 Å². The lowest BCUT2D eigenvalue weighted by Gasteiger charge is -2.25. The molecule has 1 heterocycles. The fourth-order valence-corrected chi connectivity index (χ4v) is 2.82. The van der Waals surface area contributed by atoms with E-state index in [1.54, 1.807) is 0 Å². The highest BCUT2D eigenvalue weighted by molar-refractivity contribution is 6.21. The molecule has 2 rings (SSSR count). The zero-order valence-corrected chi connectivity index (χ0v) is 7.69. The first-order chi connectivity index (χ1) is 5.38. The van der Waals surface area contributed by atoms with E-state index in [4.69, 9.17) is 11.6 Å². The first-order valence-electron chi connectivity index (χ1n) is 4.76. The molecule has 1 saturated heterocycles. The fourth-order valence-electron chi connectivity index (χ4n) is 2.38. The van der Waals surface area contributed by atoms with Gasteiger partial charge in [-0.1, -0.05) is 6.42 Å². The third-order valence-electron chi connectivity index (χ3n) is 3.01. The summed E-state index contributed by atoms with van der Waals surface area (Å²) in [4.78, 5) is 2.59. The zero-order valence-electron chi connectivity index (χ0n) is 6.93. The summed E-state index contributed by atoms with van der Waals surface area (Å²) in [6.45, 7) is 2.60. The molecule has 0 aromatic carbocycles. The molecule has 2 heteroatoms. The van der Waals surface area contributed by atoms with Crippen LogP contribution >= 0.6 is 11.6 Å². The Balaban J connectivity index is 1.92. The quantitative estimate of drug-likeness (QED) is 0.550. The Morgan fingerprint density at radius 1 is 1.00 bits per heavy atom. The molecule has 11 heavy (non-hydrogen) atoms. The highest BCUT2D eigenvalue weighted by Crippen LogP contribution is 2.30. The maximum atomic E-state index is 6.22. The number of hydrogen-bond acceptors (Lipinski definition) is 1. The molecule has 2 atom stereocenters. The van der Waals surface area contributed by atoms with Gasteiger partial charge in [-0.25, -0.2) is 0 Å². The molecule has 2 aliphatic rings. The van der Waals surface area contributed by atoms with Crippen molar-refractivity contribution in [2.75, 3.05) is 13.1 Å². The van der Waals surface area contributed by atoms with E-state index in [2.05, 4.69) is 4.90 Å². The van der Waals surface area contributed by atoms with Crippen LogP contribution in [-0.4, -0.2) is 29.4 Å². The van der Waals surface area contributed by atoms with Gasteiger partial charge in [-0.05, 0) is 38.8 Å². The summed E-state index contributed by atoms with van der Waals surface area (Å²) >= 11 is 6.22. The van der Waals surface area contributed by atoms with Crippen LogP contribution in [0, 0.1) is 0 Å². The second-order valence-electron chi connectivity index (χ2n) is 3.76. The Labute approximate surface area is 73.7 Å². The number of hydrogen-bond donors (Lipinski definition) is 0. The lowest BCUT2D eigenvalue weighted by molar-refractivity contribution is 0.249. The smallest absolute Gasteiger partial charge is 0.0491 e. The summed E-state index contributed by atoms with van der Waals surface area (Å²) in [6.07, 6.45) is 6.70. The van der Waals surface area contributed by atoms with Crippen molar-refractivity contribution >= 4 is 11.6 Å². The van der Waals surface area contributed by atoms with Crippen LogP contribution in [0.25, 0.3) is 0 Å². The van der Waals surface area contributed by atoms with Crippen molar-refractivity contribution < 1.29 is 0 Å². The van der Waals surface area contributed by atoms with E-state index in [1.807, 2.05) is 0 Å². The SMILES string of the molecule is ClC1CCC[C@H]1N1CCCC1. The van der Waals surface area contributed by atoms with E-state index in [1.165, 1.54) is 45.2 Å². The number of halogens is 1. The number of rotatable bonds is 1. The molecular formula is C9H16ClN. The van der Waals surface area contributed by atoms with Crippen LogP contribution in [0.2, 0.25) is 0 Å². The summed E-state index contributed by atoms with van der Waals surface area (Å²) < 4.78 is 0. The predicted molar refractivity (Wildman–Crippen MR) is 48.1 cm³/mol. The molecule has 0 bridgehead atoms. The second-order valence-corrected chi connectivity index (χ2v) is 4.32. The van der Waals surface area contributed by atoms with Crippen LogP contribution in [0.3, 0.4) is 0 Å². The highest BCUT2D eigenvalue weighted by Gasteiger charge is 2.31. The van der Waals surface area contributed by atoms with Crippen LogP contribution in [0.15, 0.2) is 0 Å². The Morgan fingerprint density at radius 3 is 2.27 bits per heavy atom. The molecular weight excluding hydrogens is 158 g/mol. The van der Waals surface area contributed by atoms with E-state index in [0.717, 1.165) is 6.04 Å². The van der Waals surface area contributed by atoms with Crippen LogP contribution in [0.4, 0.5) is 0 Å². The van der Waals surface area contributed by atoms with E-state index in [0.29, 0.717) is 5.38 Å². The average Bonchev–Trinajstić information content (AvgIpc) is 2.55. The van der Waals surface area contributed by atoms with Gasteiger partial charge in [0.1, 0.15) is 0 Å². The second kappa shape index (κ2) is 3.32. The molecule has 1 saturated carbocycles. The normalized spacial score (nSPS) is 40.1. The first-order valence-corrected chi connectivity index (χ1v) is 5.20. The number of alkyl halides is 1. The van der Waals surface area contributed by atoms with Crippen LogP contribution in [0.5, 0.6) is 0 Å². The summed E-state index contributed by atoms with van der Waals surface area (Å²) in [7, 11) is 0. The predicted octanol–water partition coefficient (Wildman–Crippen LogP) is 2.24. The number of nitrogens with zero attached hydrogens (tertiary/aromatic N) is 1. The van der Waals surface area contributed by atoms with E-state index < -0.39 is 0 Å². The van der Waals surface area contributed by atoms with Crippen molar-refractivity contribution in [3.8, 4) is 0 Å². The highest BCUT2D eigenvalue weighted by atomic mass is 35.5. The average molecular weight is 174 g/mol. The van der Waals surface area contributed by atoms with E-state index in [-0.39, 0.29) is 0 Å². The molecule has 64 valence electrons. The Morgan fingerprint density at radius 2 is 1.73 bits per heavy atom. The molecule has 1 unspecified atom stereocenters. The van der Waals surface area contributed by atoms with Gasteiger partial charge in [0, 0.05) is 11.4 Å². The maximum Gasteiger partial charge on any atom is 0.0491 e. The van der Waals surface area contributed by atoms with Crippen molar-refractivity contribution in [1.29, 1.82) is 0 Å². The molecule has 2 fully saturated rings. The number of likely N-dealkylation sites (tertiary alicyclic amines) is 1. The maximum absolute atomic E-state index is 6.22. The molecule has 0 aromatic rings.